The number of aromatic nitrogens is 1. The minimum Gasteiger partial charge on any atom is -0.357 e. The molecule has 0 bridgehead atoms. The highest BCUT2D eigenvalue weighted by Crippen LogP contribution is 2.11. The number of halogens is 1. The highest BCUT2D eigenvalue weighted by atomic mass is 127. The van der Waals surface area contributed by atoms with E-state index >= 15 is 0 Å². The predicted octanol–water partition coefficient (Wildman–Crippen LogP) is 3.47. The van der Waals surface area contributed by atoms with Gasteiger partial charge in [0.15, 0.2) is 5.96 Å². The van der Waals surface area contributed by atoms with Crippen molar-refractivity contribution in [3.05, 3.63) is 46.3 Å². The van der Waals surface area contributed by atoms with Crippen LogP contribution in [0.2, 0.25) is 0 Å². The van der Waals surface area contributed by atoms with E-state index in [9.17, 15) is 0 Å². The van der Waals surface area contributed by atoms with Crippen LogP contribution in [0.25, 0.3) is 0 Å². The molecule has 0 aromatic carbocycles. The number of pyridine rings is 1. The molecule has 0 aliphatic rings. The second-order valence-corrected chi connectivity index (χ2v) is 6.09. The third kappa shape index (κ3) is 6.27. The van der Waals surface area contributed by atoms with Crippen molar-refractivity contribution in [2.75, 3.05) is 25.0 Å². The third-order valence-corrected chi connectivity index (χ3v) is 4.47. The van der Waals surface area contributed by atoms with Crippen molar-refractivity contribution in [1.29, 1.82) is 0 Å². The number of guanidine groups is 1. The maximum atomic E-state index is 4.54. The van der Waals surface area contributed by atoms with Crippen LogP contribution < -0.4 is 15.5 Å². The van der Waals surface area contributed by atoms with Gasteiger partial charge in [-0.1, -0.05) is 12.1 Å². The number of nitrogens with one attached hydrogen (secondary N) is 2. The number of anilines is 1. The zero-order chi connectivity index (χ0) is 16.5. The summed E-state index contributed by atoms with van der Waals surface area (Å²) < 4.78 is 0. The van der Waals surface area contributed by atoms with E-state index < -0.39 is 0 Å². The molecule has 0 saturated carbocycles. The molecule has 0 aliphatic carbocycles. The summed E-state index contributed by atoms with van der Waals surface area (Å²) in [6.07, 6.45) is 1.92. The summed E-state index contributed by atoms with van der Waals surface area (Å²) in [5, 5.41) is 8.71. The van der Waals surface area contributed by atoms with Crippen LogP contribution in [0.15, 0.2) is 40.8 Å². The van der Waals surface area contributed by atoms with Crippen LogP contribution in [0.1, 0.15) is 24.3 Å². The van der Waals surface area contributed by atoms with Gasteiger partial charge in [0.1, 0.15) is 5.82 Å². The first-order valence-electron chi connectivity index (χ1n) is 7.93. The fourth-order valence-electron chi connectivity index (χ4n) is 2.25. The van der Waals surface area contributed by atoms with Crippen molar-refractivity contribution < 1.29 is 0 Å². The highest BCUT2D eigenvalue weighted by Gasteiger charge is 2.04. The summed E-state index contributed by atoms with van der Waals surface area (Å²) in [5.74, 6) is 1.82. The monoisotopic (exact) mass is 459 g/mol. The van der Waals surface area contributed by atoms with E-state index in [1.165, 1.54) is 4.88 Å². The molecule has 0 unspecified atom stereocenters. The Balaban J connectivity index is 0.00000288. The molecule has 0 spiro atoms. The summed E-state index contributed by atoms with van der Waals surface area (Å²) in [4.78, 5) is 12.3. The molecule has 0 radical (unpaired) electrons. The number of hydrogen-bond donors (Lipinski definition) is 2. The molecule has 0 saturated heterocycles. The van der Waals surface area contributed by atoms with Crippen LogP contribution in [-0.4, -0.2) is 31.1 Å². The molecule has 2 N–H and O–H groups in total. The number of nitrogens with zero attached hydrogens (tertiary/aromatic N) is 3. The molecule has 2 rings (SSSR count). The van der Waals surface area contributed by atoms with Crippen molar-refractivity contribution in [3.63, 3.8) is 0 Å². The second-order valence-electron chi connectivity index (χ2n) is 5.06. The van der Waals surface area contributed by atoms with Crippen molar-refractivity contribution in [3.8, 4) is 0 Å². The Hall–Kier alpha value is -1.35. The van der Waals surface area contributed by atoms with Gasteiger partial charge in [0.05, 0.1) is 6.54 Å². The van der Waals surface area contributed by atoms with Gasteiger partial charge in [-0.25, -0.2) is 4.98 Å². The molecular formula is C17H26IN5S. The minimum absolute atomic E-state index is 0. The molecule has 5 nitrogen and oxygen atoms in total. The average Bonchev–Trinajstić information content (AvgIpc) is 3.11. The number of thiophene rings is 1. The van der Waals surface area contributed by atoms with Crippen LogP contribution in [0.3, 0.4) is 0 Å². The van der Waals surface area contributed by atoms with Gasteiger partial charge in [-0.2, -0.15) is 0 Å². The molecule has 0 aliphatic heterocycles. The summed E-state index contributed by atoms with van der Waals surface area (Å²) in [6.45, 7) is 7.72. The van der Waals surface area contributed by atoms with Gasteiger partial charge in [0, 0.05) is 37.8 Å². The number of aliphatic imine (C=N–C) groups is 1. The van der Waals surface area contributed by atoms with Crippen molar-refractivity contribution >= 4 is 47.1 Å². The Labute approximate surface area is 165 Å². The molecule has 0 amide bonds. The Morgan fingerprint density at radius 3 is 2.46 bits per heavy atom. The molecular weight excluding hydrogens is 433 g/mol. The zero-order valence-corrected chi connectivity index (χ0v) is 17.6. The molecule has 2 aromatic rings. The molecule has 0 atom stereocenters. The summed E-state index contributed by atoms with van der Waals surface area (Å²) in [5.41, 5.74) is 1.14. The second kappa shape index (κ2) is 11.2. The first-order valence-corrected chi connectivity index (χ1v) is 8.81. The quantitative estimate of drug-likeness (QED) is 0.378. The minimum atomic E-state index is 0. The lowest BCUT2D eigenvalue weighted by Crippen LogP contribution is -2.36. The predicted molar refractivity (Wildman–Crippen MR) is 115 cm³/mol. The topological polar surface area (TPSA) is 52.5 Å². The molecule has 0 fully saturated rings. The van der Waals surface area contributed by atoms with Gasteiger partial charge in [-0.3, -0.25) is 4.99 Å². The van der Waals surface area contributed by atoms with Crippen molar-refractivity contribution in [2.45, 2.75) is 26.9 Å². The lowest BCUT2D eigenvalue weighted by molar-refractivity contribution is 0.808. The van der Waals surface area contributed by atoms with E-state index in [1.54, 1.807) is 18.4 Å². The Morgan fingerprint density at radius 2 is 1.92 bits per heavy atom. The molecule has 7 heteroatoms. The average molecular weight is 459 g/mol. The lowest BCUT2D eigenvalue weighted by Gasteiger charge is -2.19. The van der Waals surface area contributed by atoms with Gasteiger partial charge in [-0.15, -0.1) is 35.3 Å². The number of rotatable bonds is 7. The van der Waals surface area contributed by atoms with Gasteiger partial charge in [-0.05, 0) is 36.9 Å². The van der Waals surface area contributed by atoms with E-state index in [4.69, 9.17) is 0 Å². The summed E-state index contributed by atoms with van der Waals surface area (Å²) in [6, 6.07) is 8.36. The summed E-state index contributed by atoms with van der Waals surface area (Å²) in [7, 11) is 1.78. The van der Waals surface area contributed by atoms with E-state index in [0.29, 0.717) is 6.54 Å². The van der Waals surface area contributed by atoms with Gasteiger partial charge >= 0.3 is 0 Å². The maximum absolute atomic E-state index is 4.54. The van der Waals surface area contributed by atoms with Gasteiger partial charge in [0.2, 0.25) is 0 Å². The van der Waals surface area contributed by atoms with Crippen LogP contribution in [0.5, 0.6) is 0 Å². The number of hydrogen-bond acceptors (Lipinski definition) is 4. The van der Waals surface area contributed by atoms with E-state index in [-0.39, 0.29) is 24.0 Å². The van der Waals surface area contributed by atoms with E-state index in [2.05, 4.69) is 69.0 Å². The fraction of sp³-hybridized carbons (Fsp3) is 0.412. The smallest absolute Gasteiger partial charge is 0.191 e. The van der Waals surface area contributed by atoms with Gasteiger partial charge in [0.25, 0.3) is 0 Å². The van der Waals surface area contributed by atoms with Crippen LogP contribution in [0, 0.1) is 0 Å². The van der Waals surface area contributed by atoms with Crippen LogP contribution in [0.4, 0.5) is 5.82 Å². The fourth-order valence-corrected chi connectivity index (χ4v) is 2.89. The lowest BCUT2D eigenvalue weighted by atomic mass is 10.2. The molecule has 24 heavy (non-hydrogen) atoms. The van der Waals surface area contributed by atoms with E-state index in [0.717, 1.165) is 37.0 Å². The van der Waals surface area contributed by atoms with Crippen molar-refractivity contribution in [1.82, 2.24) is 15.6 Å². The molecule has 132 valence electrons. The Morgan fingerprint density at radius 1 is 1.17 bits per heavy atom. The third-order valence-electron chi connectivity index (χ3n) is 3.59. The first-order chi connectivity index (χ1) is 11.3. The van der Waals surface area contributed by atoms with Gasteiger partial charge < -0.3 is 15.5 Å². The Bertz CT molecular complexity index is 594. The van der Waals surface area contributed by atoms with Crippen molar-refractivity contribution in [2.24, 2.45) is 4.99 Å². The first kappa shape index (κ1) is 20.7. The maximum Gasteiger partial charge on any atom is 0.191 e. The SMILES string of the molecule is CCN(CC)c1ccc(CNC(=NC)NCc2cccs2)cn1.I. The highest BCUT2D eigenvalue weighted by molar-refractivity contribution is 14.0. The molecule has 2 heterocycles. The van der Waals surface area contributed by atoms with Crippen LogP contribution in [-0.2, 0) is 13.1 Å². The zero-order valence-electron chi connectivity index (χ0n) is 14.5. The standard InChI is InChI=1S/C17H25N5S.HI/c1-4-22(5-2)16-9-8-14(11-19-16)12-20-17(18-3)21-13-15-7-6-10-23-15;/h6-11H,4-5,12-13H2,1-3H3,(H2,18,20,21);1H. The largest absolute Gasteiger partial charge is 0.357 e. The molecule has 2 aromatic heterocycles. The Kier molecular flexibility index (Phi) is 9.70. The summed E-state index contributed by atoms with van der Waals surface area (Å²) >= 11 is 1.74. The van der Waals surface area contributed by atoms with Crippen LogP contribution >= 0.6 is 35.3 Å². The van der Waals surface area contributed by atoms with E-state index in [1.807, 2.05) is 6.20 Å². The normalized spacial score (nSPS) is 10.9.